The molecule has 0 saturated heterocycles. The Morgan fingerprint density at radius 3 is 2.18 bits per heavy atom. The molecule has 0 N–H and O–H groups in total. The van der Waals surface area contributed by atoms with E-state index in [2.05, 4.69) is 78.9 Å². The van der Waals surface area contributed by atoms with E-state index in [-0.39, 0.29) is 0 Å². The van der Waals surface area contributed by atoms with Crippen molar-refractivity contribution in [3.63, 3.8) is 0 Å². The van der Waals surface area contributed by atoms with Gasteiger partial charge in [-0.2, -0.15) is 0 Å². The summed E-state index contributed by atoms with van der Waals surface area (Å²) < 4.78 is 5.31. The minimum absolute atomic E-state index is 0.858. The first-order chi connectivity index (χ1) is 13.8. The Bertz CT molecular complexity index is 1290. The van der Waals surface area contributed by atoms with Crippen LogP contribution in [0.25, 0.3) is 44.1 Å². The number of aromatic nitrogens is 1. The fourth-order valence-electron chi connectivity index (χ4n) is 3.68. The molecule has 2 heteroatoms. The number of benzene rings is 4. The van der Waals surface area contributed by atoms with Gasteiger partial charge in [-0.05, 0) is 52.2 Å². The van der Waals surface area contributed by atoms with E-state index in [1.165, 1.54) is 16.3 Å². The van der Waals surface area contributed by atoms with Crippen molar-refractivity contribution >= 4 is 21.7 Å². The lowest BCUT2D eigenvalue weighted by molar-refractivity contribution is 0.415. The summed E-state index contributed by atoms with van der Waals surface area (Å²) in [6.07, 6.45) is 0. The molecule has 28 heavy (non-hydrogen) atoms. The summed E-state index contributed by atoms with van der Waals surface area (Å²) in [6.45, 7) is 0. The number of rotatable bonds is 3. The van der Waals surface area contributed by atoms with E-state index >= 15 is 0 Å². The number of fused-ring (bicyclic) bond motifs is 2. The van der Waals surface area contributed by atoms with Crippen molar-refractivity contribution in [3.8, 4) is 28.1 Å². The molecule has 134 valence electrons. The molecular weight excluding hydrogens is 342 g/mol. The molecule has 0 amide bonds. The number of hydrogen-bond acceptors (Lipinski definition) is 2. The topological polar surface area (TPSA) is 22.1 Å². The van der Waals surface area contributed by atoms with Gasteiger partial charge in [-0.15, -0.1) is 0 Å². The monoisotopic (exact) mass is 361 g/mol. The second kappa shape index (κ2) is 6.82. The molecule has 2 nitrogen and oxygen atoms in total. The molecular formula is C26H19NO. The van der Waals surface area contributed by atoms with Gasteiger partial charge in [0.25, 0.3) is 0 Å². The molecule has 0 fully saturated rings. The molecule has 0 saturated carbocycles. The highest BCUT2D eigenvalue weighted by molar-refractivity contribution is 5.97. The normalized spacial score (nSPS) is 11.0. The predicted molar refractivity (Wildman–Crippen MR) is 117 cm³/mol. The number of ether oxygens (including phenoxy) is 1. The van der Waals surface area contributed by atoms with Crippen LogP contribution in [0.4, 0.5) is 0 Å². The fourth-order valence-corrected chi connectivity index (χ4v) is 3.68. The minimum Gasteiger partial charge on any atom is -0.497 e. The van der Waals surface area contributed by atoms with Crippen LogP contribution in [0.15, 0.2) is 97.1 Å². The highest BCUT2D eigenvalue weighted by Gasteiger charge is 2.10. The summed E-state index contributed by atoms with van der Waals surface area (Å²) in [6, 6.07) is 33.6. The summed E-state index contributed by atoms with van der Waals surface area (Å²) in [7, 11) is 1.69. The maximum atomic E-state index is 5.31. The zero-order chi connectivity index (χ0) is 18.9. The van der Waals surface area contributed by atoms with E-state index in [4.69, 9.17) is 9.72 Å². The third-order valence-corrected chi connectivity index (χ3v) is 5.16. The highest BCUT2D eigenvalue weighted by Crippen LogP contribution is 2.33. The van der Waals surface area contributed by atoms with Gasteiger partial charge in [0.1, 0.15) is 5.75 Å². The standard InChI is InChI=1S/C26H19NO/c1-28-22-14-12-19(13-15-22)24-17-26(27-25-9-5-4-8-23(24)25)21-11-10-18-6-2-3-7-20(18)16-21/h2-17H,1H3. The maximum absolute atomic E-state index is 5.31. The third kappa shape index (κ3) is 2.89. The first-order valence-corrected chi connectivity index (χ1v) is 9.35. The highest BCUT2D eigenvalue weighted by atomic mass is 16.5. The van der Waals surface area contributed by atoms with E-state index < -0.39 is 0 Å². The summed E-state index contributed by atoms with van der Waals surface area (Å²) in [5, 5.41) is 3.61. The molecule has 5 rings (SSSR count). The van der Waals surface area contributed by atoms with E-state index in [1.807, 2.05) is 18.2 Å². The van der Waals surface area contributed by atoms with Crippen LogP contribution in [0.2, 0.25) is 0 Å². The van der Waals surface area contributed by atoms with Crippen LogP contribution < -0.4 is 4.74 Å². The van der Waals surface area contributed by atoms with Crippen molar-refractivity contribution in [2.45, 2.75) is 0 Å². The Balaban J connectivity index is 1.73. The maximum Gasteiger partial charge on any atom is 0.118 e. The average molecular weight is 361 g/mol. The minimum atomic E-state index is 0.858. The summed E-state index contributed by atoms with van der Waals surface area (Å²) in [4.78, 5) is 4.95. The molecule has 0 aliphatic rings. The summed E-state index contributed by atoms with van der Waals surface area (Å²) >= 11 is 0. The summed E-state index contributed by atoms with van der Waals surface area (Å²) in [5.74, 6) is 0.858. The van der Waals surface area contributed by atoms with Crippen molar-refractivity contribution in [1.29, 1.82) is 0 Å². The van der Waals surface area contributed by atoms with E-state index in [0.29, 0.717) is 0 Å². The van der Waals surface area contributed by atoms with Crippen molar-refractivity contribution < 1.29 is 4.74 Å². The van der Waals surface area contributed by atoms with Crippen LogP contribution in [0.3, 0.4) is 0 Å². The Labute approximate surface area is 164 Å². The first-order valence-electron chi connectivity index (χ1n) is 9.35. The fraction of sp³-hybridized carbons (Fsp3) is 0.0385. The van der Waals surface area contributed by atoms with Crippen molar-refractivity contribution in [1.82, 2.24) is 4.98 Å². The summed E-state index contributed by atoms with van der Waals surface area (Å²) in [5.41, 5.74) is 5.44. The Morgan fingerprint density at radius 2 is 1.36 bits per heavy atom. The molecule has 1 heterocycles. The quantitative estimate of drug-likeness (QED) is 0.355. The van der Waals surface area contributed by atoms with Crippen LogP contribution in [0.1, 0.15) is 0 Å². The molecule has 0 unspecified atom stereocenters. The molecule has 0 atom stereocenters. The van der Waals surface area contributed by atoms with Gasteiger partial charge < -0.3 is 4.74 Å². The van der Waals surface area contributed by atoms with Crippen LogP contribution >= 0.6 is 0 Å². The molecule has 0 bridgehead atoms. The van der Waals surface area contributed by atoms with Crippen LogP contribution in [0, 0.1) is 0 Å². The van der Waals surface area contributed by atoms with Crippen molar-refractivity contribution in [2.24, 2.45) is 0 Å². The second-order valence-electron chi connectivity index (χ2n) is 6.86. The largest absolute Gasteiger partial charge is 0.497 e. The van der Waals surface area contributed by atoms with Crippen molar-refractivity contribution in [3.05, 3.63) is 97.1 Å². The molecule has 0 radical (unpaired) electrons. The Morgan fingerprint density at radius 1 is 0.643 bits per heavy atom. The van der Waals surface area contributed by atoms with E-state index in [9.17, 15) is 0 Å². The molecule has 0 aliphatic heterocycles. The lowest BCUT2D eigenvalue weighted by Crippen LogP contribution is -1.90. The van der Waals surface area contributed by atoms with Crippen LogP contribution in [0.5, 0.6) is 5.75 Å². The molecule has 1 aromatic heterocycles. The number of methoxy groups -OCH3 is 1. The Kier molecular flexibility index (Phi) is 4.02. The van der Waals surface area contributed by atoms with E-state index in [0.717, 1.165) is 33.5 Å². The second-order valence-corrected chi connectivity index (χ2v) is 6.86. The van der Waals surface area contributed by atoms with Gasteiger partial charge in [0.15, 0.2) is 0 Å². The Hall–Kier alpha value is -3.65. The number of pyridine rings is 1. The van der Waals surface area contributed by atoms with Gasteiger partial charge >= 0.3 is 0 Å². The van der Waals surface area contributed by atoms with Gasteiger partial charge in [0.2, 0.25) is 0 Å². The van der Waals surface area contributed by atoms with Gasteiger partial charge in [-0.1, -0.05) is 66.7 Å². The van der Waals surface area contributed by atoms with Gasteiger partial charge in [0, 0.05) is 10.9 Å². The van der Waals surface area contributed by atoms with Crippen LogP contribution in [-0.2, 0) is 0 Å². The third-order valence-electron chi connectivity index (χ3n) is 5.16. The zero-order valence-electron chi connectivity index (χ0n) is 15.6. The molecule has 5 aromatic rings. The smallest absolute Gasteiger partial charge is 0.118 e. The number of nitrogens with zero attached hydrogens (tertiary/aromatic N) is 1. The first kappa shape index (κ1) is 16.5. The number of para-hydroxylation sites is 1. The SMILES string of the molecule is COc1ccc(-c2cc(-c3ccc4ccccc4c3)nc3ccccc23)cc1. The van der Waals surface area contributed by atoms with Gasteiger partial charge in [-0.25, -0.2) is 4.98 Å². The predicted octanol–water partition coefficient (Wildman–Crippen LogP) is 6.73. The zero-order valence-corrected chi connectivity index (χ0v) is 15.6. The molecule has 0 aliphatic carbocycles. The van der Waals surface area contributed by atoms with E-state index in [1.54, 1.807) is 7.11 Å². The van der Waals surface area contributed by atoms with Gasteiger partial charge in [0.05, 0.1) is 18.3 Å². The number of hydrogen-bond donors (Lipinski definition) is 0. The molecule has 0 spiro atoms. The lowest BCUT2D eigenvalue weighted by atomic mass is 9.97. The van der Waals surface area contributed by atoms with Crippen LogP contribution in [-0.4, -0.2) is 12.1 Å². The molecule has 4 aromatic carbocycles. The van der Waals surface area contributed by atoms with Gasteiger partial charge in [-0.3, -0.25) is 0 Å². The average Bonchev–Trinajstić information content (AvgIpc) is 2.78. The van der Waals surface area contributed by atoms with Crippen molar-refractivity contribution in [2.75, 3.05) is 7.11 Å². The lowest BCUT2D eigenvalue weighted by Gasteiger charge is -2.11.